The van der Waals surface area contributed by atoms with Gasteiger partial charge in [0, 0.05) is 31.4 Å². The molecule has 5 nitrogen and oxygen atoms in total. The van der Waals surface area contributed by atoms with Crippen LogP contribution in [0.4, 0.5) is 5.69 Å². The Balaban J connectivity index is 2.17. The van der Waals surface area contributed by atoms with Crippen molar-refractivity contribution < 1.29 is 9.59 Å². The molecule has 1 aromatic rings. The zero-order chi connectivity index (χ0) is 15.6. The fraction of sp³-hybridized carbons (Fsp3) is 0.500. The SMILES string of the molecule is Cc1ccc(C(=O)N(C)C)cc1NC(=O)C1CCNC1C. The summed E-state index contributed by atoms with van der Waals surface area (Å²) in [5.74, 6) is -0.0657. The second-order valence-electron chi connectivity index (χ2n) is 5.86. The molecule has 0 aromatic heterocycles. The Kier molecular flexibility index (Phi) is 4.63. The van der Waals surface area contributed by atoms with Crippen molar-refractivity contribution in [2.45, 2.75) is 26.3 Å². The fourth-order valence-electron chi connectivity index (χ4n) is 2.59. The van der Waals surface area contributed by atoms with Crippen LogP contribution in [-0.2, 0) is 4.79 Å². The summed E-state index contributed by atoms with van der Waals surface area (Å²) in [4.78, 5) is 25.9. The van der Waals surface area contributed by atoms with Crippen LogP contribution in [-0.4, -0.2) is 43.4 Å². The predicted molar refractivity (Wildman–Crippen MR) is 83.4 cm³/mol. The van der Waals surface area contributed by atoms with Crippen LogP contribution in [0.25, 0.3) is 0 Å². The molecule has 2 rings (SSSR count). The second kappa shape index (κ2) is 6.26. The summed E-state index contributed by atoms with van der Waals surface area (Å²) in [6.07, 6.45) is 0.850. The molecule has 1 heterocycles. The number of rotatable bonds is 3. The van der Waals surface area contributed by atoms with Crippen molar-refractivity contribution in [3.8, 4) is 0 Å². The quantitative estimate of drug-likeness (QED) is 0.889. The third-order valence-corrected chi connectivity index (χ3v) is 4.01. The maximum Gasteiger partial charge on any atom is 0.253 e. The Bertz CT molecular complexity index is 554. The van der Waals surface area contributed by atoms with E-state index >= 15 is 0 Å². The van der Waals surface area contributed by atoms with Gasteiger partial charge >= 0.3 is 0 Å². The zero-order valence-electron chi connectivity index (χ0n) is 13.1. The minimum atomic E-state index is -0.0681. The number of amides is 2. The summed E-state index contributed by atoms with van der Waals surface area (Å²) in [7, 11) is 3.43. The average molecular weight is 289 g/mol. The molecular formula is C16H23N3O2. The van der Waals surface area contributed by atoms with Gasteiger partial charge in [0.2, 0.25) is 5.91 Å². The van der Waals surface area contributed by atoms with Crippen molar-refractivity contribution in [3.05, 3.63) is 29.3 Å². The predicted octanol–water partition coefficient (Wildman–Crippen LogP) is 1.63. The summed E-state index contributed by atoms with van der Waals surface area (Å²) in [6, 6.07) is 5.59. The topological polar surface area (TPSA) is 61.4 Å². The van der Waals surface area contributed by atoms with Gasteiger partial charge in [0.1, 0.15) is 0 Å². The van der Waals surface area contributed by atoms with E-state index in [9.17, 15) is 9.59 Å². The molecule has 2 N–H and O–H groups in total. The molecule has 0 aliphatic carbocycles. The standard InChI is InChI=1S/C16H23N3O2/c1-10-5-6-12(16(21)19(3)4)9-14(10)18-15(20)13-7-8-17-11(13)2/h5-6,9,11,13,17H,7-8H2,1-4H3,(H,18,20). The minimum absolute atomic E-state index is 0.0161. The van der Waals surface area contributed by atoms with E-state index in [1.54, 1.807) is 26.2 Å². The van der Waals surface area contributed by atoms with Crippen molar-refractivity contribution in [3.63, 3.8) is 0 Å². The molecule has 1 saturated heterocycles. The first kappa shape index (κ1) is 15.5. The van der Waals surface area contributed by atoms with Crippen LogP contribution in [0.3, 0.4) is 0 Å². The van der Waals surface area contributed by atoms with E-state index in [4.69, 9.17) is 0 Å². The van der Waals surface area contributed by atoms with E-state index in [1.165, 1.54) is 4.90 Å². The van der Waals surface area contributed by atoms with Crippen molar-refractivity contribution in [1.29, 1.82) is 0 Å². The zero-order valence-corrected chi connectivity index (χ0v) is 13.1. The third kappa shape index (κ3) is 3.42. The lowest BCUT2D eigenvalue weighted by atomic mass is 10.0. The number of carbonyl (C=O) groups excluding carboxylic acids is 2. The first-order valence-corrected chi connectivity index (χ1v) is 7.26. The lowest BCUT2D eigenvalue weighted by Gasteiger charge is -2.17. The maximum absolute atomic E-state index is 12.3. The van der Waals surface area contributed by atoms with Crippen LogP contribution in [0.15, 0.2) is 18.2 Å². The smallest absolute Gasteiger partial charge is 0.253 e. The molecule has 2 amide bonds. The van der Waals surface area contributed by atoms with Gasteiger partial charge < -0.3 is 15.5 Å². The highest BCUT2D eigenvalue weighted by atomic mass is 16.2. The molecule has 2 atom stereocenters. The van der Waals surface area contributed by atoms with E-state index in [-0.39, 0.29) is 23.8 Å². The molecule has 5 heteroatoms. The molecular weight excluding hydrogens is 266 g/mol. The maximum atomic E-state index is 12.3. The van der Waals surface area contributed by atoms with Crippen LogP contribution >= 0.6 is 0 Å². The van der Waals surface area contributed by atoms with Gasteiger partial charge in [0.15, 0.2) is 0 Å². The average Bonchev–Trinajstić information content (AvgIpc) is 2.86. The Morgan fingerprint density at radius 3 is 2.62 bits per heavy atom. The van der Waals surface area contributed by atoms with Crippen molar-refractivity contribution in [1.82, 2.24) is 10.2 Å². The number of hydrogen-bond donors (Lipinski definition) is 2. The highest BCUT2D eigenvalue weighted by molar-refractivity contribution is 5.98. The highest BCUT2D eigenvalue weighted by Crippen LogP contribution is 2.21. The summed E-state index contributed by atoms with van der Waals surface area (Å²) in [5, 5.41) is 6.24. The van der Waals surface area contributed by atoms with Gasteiger partial charge in [0.05, 0.1) is 5.92 Å². The summed E-state index contributed by atoms with van der Waals surface area (Å²) in [5.41, 5.74) is 2.25. The summed E-state index contributed by atoms with van der Waals surface area (Å²) in [6.45, 7) is 4.82. The first-order chi connectivity index (χ1) is 9.90. The van der Waals surface area contributed by atoms with Gasteiger partial charge in [-0.3, -0.25) is 9.59 Å². The van der Waals surface area contributed by atoms with E-state index in [2.05, 4.69) is 10.6 Å². The van der Waals surface area contributed by atoms with Crippen LogP contribution in [0.2, 0.25) is 0 Å². The fourth-order valence-corrected chi connectivity index (χ4v) is 2.59. The lowest BCUT2D eigenvalue weighted by Crippen LogP contribution is -2.32. The third-order valence-electron chi connectivity index (χ3n) is 4.01. The molecule has 21 heavy (non-hydrogen) atoms. The van der Waals surface area contributed by atoms with Crippen LogP contribution < -0.4 is 10.6 Å². The van der Waals surface area contributed by atoms with Crippen LogP contribution in [0, 0.1) is 12.8 Å². The molecule has 2 unspecified atom stereocenters. The second-order valence-corrected chi connectivity index (χ2v) is 5.86. The molecule has 0 radical (unpaired) electrons. The number of hydrogen-bond acceptors (Lipinski definition) is 3. The number of nitrogens with one attached hydrogen (secondary N) is 2. The lowest BCUT2D eigenvalue weighted by molar-refractivity contribution is -0.120. The Morgan fingerprint density at radius 2 is 2.05 bits per heavy atom. The van der Waals surface area contributed by atoms with Crippen molar-refractivity contribution in [2.75, 3.05) is 26.0 Å². The monoisotopic (exact) mass is 289 g/mol. The number of anilines is 1. The minimum Gasteiger partial charge on any atom is -0.345 e. The highest BCUT2D eigenvalue weighted by Gasteiger charge is 2.29. The molecule has 1 aliphatic rings. The van der Waals surface area contributed by atoms with Gasteiger partial charge in [-0.05, 0) is 44.5 Å². The number of aryl methyl sites for hydroxylation is 1. The van der Waals surface area contributed by atoms with Gasteiger partial charge in [0.25, 0.3) is 5.91 Å². The summed E-state index contributed by atoms with van der Waals surface area (Å²) >= 11 is 0. The molecule has 1 aromatic carbocycles. The Morgan fingerprint density at radius 1 is 1.33 bits per heavy atom. The number of nitrogens with zero attached hydrogens (tertiary/aromatic N) is 1. The number of carbonyl (C=O) groups is 2. The Hall–Kier alpha value is -1.88. The van der Waals surface area contributed by atoms with E-state index in [1.807, 2.05) is 19.9 Å². The van der Waals surface area contributed by atoms with Gasteiger partial charge in [-0.25, -0.2) is 0 Å². The molecule has 1 aliphatic heterocycles. The van der Waals surface area contributed by atoms with E-state index in [0.29, 0.717) is 11.3 Å². The molecule has 1 fully saturated rings. The van der Waals surface area contributed by atoms with Gasteiger partial charge in [-0.2, -0.15) is 0 Å². The molecule has 0 bridgehead atoms. The molecule has 0 saturated carbocycles. The number of benzene rings is 1. The summed E-state index contributed by atoms with van der Waals surface area (Å²) < 4.78 is 0. The van der Waals surface area contributed by atoms with E-state index in [0.717, 1.165) is 18.5 Å². The molecule has 114 valence electrons. The van der Waals surface area contributed by atoms with Crippen molar-refractivity contribution in [2.24, 2.45) is 5.92 Å². The van der Waals surface area contributed by atoms with Gasteiger partial charge in [-0.1, -0.05) is 6.07 Å². The van der Waals surface area contributed by atoms with Gasteiger partial charge in [-0.15, -0.1) is 0 Å². The normalized spacial score (nSPS) is 21.1. The van der Waals surface area contributed by atoms with Crippen molar-refractivity contribution >= 4 is 17.5 Å². The first-order valence-electron chi connectivity index (χ1n) is 7.26. The Labute approximate surface area is 125 Å². The van der Waals surface area contributed by atoms with Crippen LogP contribution in [0.5, 0.6) is 0 Å². The van der Waals surface area contributed by atoms with E-state index < -0.39 is 0 Å². The van der Waals surface area contributed by atoms with Crippen LogP contribution in [0.1, 0.15) is 29.3 Å². The largest absolute Gasteiger partial charge is 0.345 e. The molecule has 0 spiro atoms.